The zero-order chi connectivity index (χ0) is 26.3. The monoisotopic (exact) mass is 485 g/mol. The van der Waals surface area contributed by atoms with E-state index in [0.717, 1.165) is 0 Å². The van der Waals surface area contributed by atoms with E-state index < -0.39 is 35.6 Å². The Labute approximate surface area is 206 Å². The molecule has 0 aliphatic heterocycles. The lowest BCUT2D eigenvalue weighted by atomic mass is 9.99. The number of aromatic hydroxyl groups is 1. The molecule has 2 rings (SSSR count). The summed E-state index contributed by atoms with van der Waals surface area (Å²) in [5.74, 6) is -0.477. The Balaban J connectivity index is 2.39. The van der Waals surface area contributed by atoms with Crippen molar-refractivity contribution >= 4 is 23.6 Å². The van der Waals surface area contributed by atoms with Gasteiger partial charge < -0.3 is 30.1 Å². The summed E-state index contributed by atoms with van der Waals surface area (Å²) in [6, 6.07) is 9.63. The van der Waals surface area contributed by atoms with Crippen LogP contribution in [0.25, 0.3) is 0 Å². The second-order valence-electron chi connectivity index (χ2n) is 9.13. The fourth-order valence-electron chi connectivity index (χ4n) is 3.50. The summed E-state index contributed by atoms with van der Waals surface area (Å²) >= 11 is 0. The first kappa shape index (κ1) is 27.5. The zero-order valence-electron chi connectivity index (χ0n) is 21.3. The number of phenols is 1. The first-order valence-electron chi connectivity index (χ1n) is 11.4. The van der Waals surface area contributed by atoms with E-state index in [1.807, 2.05) is 0 Å². The summed E-state index contributed by atoms with van der Waals surface area (Å²) in [5.41, 5.74) is 0.603. The number of anilines is 1. The normalized spacial score (nSPS) is 12.8. The Hall–Kier alpha value is -3.75. The number of carbonyl (C=O) groups excluding carboxylic acids is 3. The van der Waals surface area contributed by atoms with Crippen LogP contribution in [-0.2, 0) is 14.3 Å². The van der Waals surface area contributed by atoms with Gasteiger partial charge in [0, 0.05) is 17.8 Å². The Morgan fingerprint density at radius 2 is 1.71 bits per heavy atom. The Morgan fingerprint density at radius 1 is 1.09 bits per heavy atom. The fourth-order valence-corrected chi connectivity index (χ4v) is 3.50. The first-order valence-corrected chi connectivity index (χ1v) is 11.4. The summed E-state index contributed by atoms with van der Waals surface area (Å²) < 4.78 is 10.4. The predicted molar refractivity (Wildman–Crippen MR) is 133 cm³/mol. The maximum Gasteiger partial charge on any atom is 0.408 e. The number of phenolic OH excluding ortho intramolecular Hbond substituents is 1. The fraction of sp³-hybridized carbons (Fsp3) is 0.423. The van der Waals surface area contributed by atoms with Gasteiger partial charge >= 0.3 is 6.09 Å². The zero-order valence-corrected chi connectivity index (χ0v) is 21.3. The molecule has 0 fully saturated rings. The largest absolute Gasteiger partial charge is 0.507 e. The van der Waals surface area contributed by atoms with Crippen LogP contribution in [0.1, 0.15) is 51.8 Å². The highest BCUT2D eigenvalue weighted by atomic mass is 16.6. The number of alkyl carbamates (subject to hydrolysis) is 1. The predicted octanol–water partition coefficient (Wildman–Crippen LogP) is 4.15. The third-order valence-corrected chi connectivity index (χ3v) is 5.21. The van der Waals surface area contributed by atoms with Crippen molar-refractivity contribution in [2.75, 3.05) is 19.0 Å². The van der Waals surface area contributed by atoms with E-state index in [1.165, 1.54) is 11.8 Å². The average Bonchev–Trinajstić information content (AvgIpc) is 2.78. The number of hydrogen-bond donors (Lipinski definition) is 3. The maximum atomic E-state index is 13.5. The molecule has 0 aliphatic carbocycles. The van der Waals surface area contributed by atoms with Gasteiger partial charge in [-0.05, 0) is 71.4 Å². The molecule has 35 heavy (non-hydrogen) atoms. The minimum atomic E-state index is -1.16. The van der Waals surface area contributed by atoms with Crippen molar-refractivity contribution < 1.29 is 29.0 Å². The second kappa shape index (κ2) is 11.6. The van der Waals surface area contributed by atoms with Gasteiger partial charge in [-0.3, -0.25) is 9.59 Å². The van der Waals surface area contributed by atoms with Crippen LogP contribution in [-0.4, -0.2) is 53.2 Å². The molecule has 2 atom stereocenters. The van der Waals surface area contributed by atoms with Gasteiger partial charge in [0.1, 0.15) is 29.2 Å². The van der Waals surface area contributed by atoms with Crippen LogP contribution in [0.15, 0.2) is 42.5 Å². The van der Waals surface area contributed by atoms with E-state index in [4.69, 9.17) is 9.47 Å². The van der Waals surface area contributed by atoms with Gasteiger partial charge in [-0.1, -0.05) is 18.2 Å². The van der Waals surface area contributed by atoms with E-state index in [2.05, 4.69) is 10.6 Å². The SMILES string of the molecule is CCN(C(=O)C(C)NC(=O)OC(C)(C)C)C(C(=O)Nc1ccc(OC)cc1)c1cccc(C)c1O. The van der Waals surface area contributed by atoms with Crippen LogP contribution in [0, 0.1) is 6.92 Å². The molecule has 9 heteroatoms. The van der Waals surface area contributed by atoms with E-state index in [9.17, 15) is 19.5 Å². The molecule has 3 N–H and O–H groups in total. The van der Waals surface area contributed by atoms with Crippen molar-refractivity contribution in [3.63, 3.8) is 0 Å². The molecular weight excluding hydrogens is 450 g/mol. The molecule has 190 valence electrons. The Morgan fingerprint density at radius 3 is 2.26 bits per heavy atom. The third-order valence-electron chi connectivity index (χ3n) is 5.21. The molecule has 0 spiro atoms. The molecule has 0 aliphatic rings. The number of benzene rings is 2. The minimum absolute atomic E-state index is 0.0821. The third kappa shape index (κ3) is 7.37. The molecule has 3 amide bonds. The van der Waals surface area contributed by atoms with Crippen LogP contribution in [0.4, 0.5) is 10.5 Å². The van der Waals surface area contributed by atoms with Crippen molar-refractivity contribution in [2.24, 2.45) is 0 Å². The van der Waals surface area contributed by atoms with Gasteiger partial charge in [-0.2, -0.15) is 0 Å². The number of nitrogens with one attached hydrogen (secondary N) is 2. The number of aryl methyl sites for hydroxylation is 1. The lowest BCUT2D eigenvalue weighted by Gasteiger charge is -2.33. The van der Waals surface area contributed by atoms with Crippen molar-refractivity contribution in [2.45, 2.75) is 59.2 Å². The molecule has 2 aromatic carbocycles. The Bertz CT molecular complexity index is 1050. The van der Waals surface area contributed by atoms with Crippen LogP contribution < -0.4 is 15.4 Å². The van der Waals surface area contributed by atoms with Crippen molar-refractivity contribution in [3.8, 4) is 11.5 Å². The van der Waals surface area contributed by atoms with E-state index in [1.54, 1.807) is 84.2 Å². The number of ether oxygens (including phenoxy) is 2. The minimum Gasteiger partial charge on any atom is -0.507 e. The number of rotatable bonds is 8. The molecule has 0 bridgehead atoms. The second-order valence-corrected chi connectivity index (χ2v) is 9.13. The number of methoxy groups -OCH3 is 1. The maximum absolute atomic E-state index is 13.5. The van der Waals surface area contributed by atoms with Crippen LogP contribution in [0.2, 0.25) is 0 Å². The molecule has 9 nitrogen and oxygen atoms in total. The van der Waals surface area contributed by atoms with Gasteiger partial charge in [-0.15, -0.1) is 0 Å². The summed E-state index contributed by atoms with van der Waals surface area (Å²) in [6.45, 7) is 10.3. The van der Waals surface area contributed by atoms with E-state index in [-0.39, 0.29) is 17.9 Å². The molecular formula is C26H35N3O6. The molecule has 0 saturated carbocycles. The smallest absolute Gasteiger partial charge is 0.408 e. The first-order chi connectivity index (χ1) is 16.4. The molecule has 2 unspecified atom stereocenters. The summed E-state index contributed by atoms with van der Waals surface area (Å²) in [6.07, 6.45) is -0.743. The standard InChI is InChI=1S/C26H35N3O6/c1-8-29(24(32)17(3)27-25(33)35-26(4,5)6)21(20-11-9-10-16(2)22(20)30)23(31)28-18-12-14-19(34-7)15-13-18/h9-15,17,21,30H,8H2,1-7H3,(H,27,33)(H,28,31). The number of amides is 3. The van der Waals surface area contributed by atoms with E-state index in [0.29, 0.717) is 17.0 Å². The molecule has 0 aromatic heterocycles. The number of nitrogens with zero attached hydrogens (tertiary/aromatic N) is 1. The van der Waals surface area contributed by atoms with E-state index >= 15 is 0 Å². The van der Waals surface area contributed by atoms with Crippen LogP contribution in [0.3, 0.4) is 0 Å². The van der Waals surface area contributed by atoms with Crippen molar-refractivity contribution in [3.05, 3.63) is 53.6 Å². The van der Waals surface area contributed by atoms with Crippen LogP contribution in [0.5, 0.6) is 11.5 Å². The highest BCUT2D eigenvalue weighted by Gasteiger charge is 2.35. The molecule has 0 radical (unpaired) electrons. The van der Waals surface area contributed by atoms with Crippen molar-refractivity contribution in [1.82, 2.24) is 10.2 Å². The van der Waals surface area contributed by atoms with Gasteiger partial charge in [0.25, 0.3) is 5.91 Å². The van der Waals surface area contributed by atoms with Crippen molar-refractivity contribution in [1.29, 1.82) is 0 Å². The number of para-hydroxylation sites is 1. The van der Waals surface area contributed by atoms with Gasteiger partial charge in [-0.25, -0.2) is 4.79 Å². The van der Waals surface area contributed by atoms with Crippen LogP contribution >= 0.6 is 0 Å². The highest BCUT2D eigenvalue weighted by molar-refractivity contribution is 5.99. The quantitative estimate of drug-likeness (QED) is 0.517. The number of carbonyl (C=O) groups is 3. The summed E-state index contributed by atoms with van der Waals surface area (Å²) in [5, 5.41) is 16.1. The van der Waals surface area contributed by atoms with Gasteiger partial charge in [0.2, 0.25) is 5.91 Å². The summed E-state index contributed by atoms with van der Waals surface area (Å²) in [7, 11) is 1.54. The number of hydrogen-bond acceptors (Lipinski definition) is 6. The Kier molecular flexibility index (Phi) is 9.11. The average molecular weight is 486 g/mol. The van der Waals surface area contributed by atoms with Gasteiger partial charge in [0.15, 0.2) is 0 Å². The summed E-state index contributed by atoms with van der Waals surface area (Å²) in [4.78, 5) is 40.4. The lowest BCUT2D eigenvalue weighted by Crippen LogP contribution is -2.51. The number of likely N-dealkylation sites (N-methyl/N-ethyl adjacent to an activating group) is 1. The topological polar surface area (TPSA) is 117 Å². The molecule has 2 aromatic rings. The van der Waals surface area contributed by atoms with Gasteiger partial charge in [0.05, 0.1) is 7.11 Å². The molecule has 0 saturated heterocycles. The molecule has 0 heterocycles. The lowest BCUT2D eigenvalue weighted by molar-refractivity contribution is -0.140. The highest BCUT2D eigenvalue weighted by Crippen LogP contribution is 2.33.